The highest BCUT2D eigenvalue weighted by atomic mass is 35.5. The van der Waals surface area contributed by atoms with E-state index in [1.807, 2.05) is 0 Å². The number of primary amides is 1. The van der Waals surface area contributed by atoms with Gasteiger partial charge in [0.15, 0.2) is 5.69 Å². The third-order valence-corrected chi connectivity index (χ3v) is 8.29. The Labute approximate surface area is 206 Å². The molecule has 3 heterocycles. The predicted molar refractivity (Wildman–Crippen MR) is 130 cm³/mol. The number of hydrogen-bond acceptors (Lipinski definition) is 7. The number of anilines is 2. The Morgan fingerprint density at radius 1 is 1.21 bits per heavy atom. The van der Waals surface area contributed by atoms with Crippen LogP contribution in [0, 0.1) is 0 Å². The lowest BCUT2D eigenvalue weighted by Crippen LogP contribution is -2.44. The van der Waals surface area contributed by atoms with Gasteiger partial charge in [-0.2, -0.15) is 10.2 Å². The molecule has 1 saturated heterocycles. The molecule has 2 aromatic heterocycles. The van der Waals surface area contributed by atoms with E-state index in [9.17, 15) is 13.8 Å². The number of nitrogens with two attached hydrogens (primary N) is 1. The Morgan fingerprint density at radius 3 is 2.50 bits per heavy atom. The molecule has 0 bridgehead atoms. The van der Waals surface area contributed by atoms with Crippen LogP contribution in [0.15, 0.2) is 41.2 Å². The van der Waals surface area contributed by atoms with Crippen LogP contribution in [0.4, 0.5) is 11.4 Å². The number of aromatic nitrogens is 4. The van der Waals surface area contributed by atoms with Crippen LogP contribution < -0.4 is 11.1 Å². The number of nitrogens with zero attached hydrogens (tertiary/aromatic N) is 6. The Hall–Kier alpha value is -3.09. The van der Waals surface area contributed by atoms with Gasteiger partial charge in [-0.15, -0.1) is 0 Å². The number of hydrogen-bond donors (Lipinski definition) is 2. The average Bonchev–Trinajstić information content (AvgIpc) is 3.41. The normalized spacial score (nSPS) is 15.2. The first-order valence-corrected chi connectivity index (χ1v) is 12.8. The Kier molecular flexibility index (Phi) is 6.82. The monoisotopic (exact) mass is 524 g/mol. The first-order chi connectivity index (χ1) is 16.2. The molecule has 0 spiro atoms. The van der Waals surface area contributed by atoms with Gasteiger partial charge in [-0.1, -0.05) is 29.3 Å². The summed E-state index contributed by atoms with van der Waals surface area (Å²) in [4.78, 5) is 26.2. The predicted octanol–water partition coefficient (Wildman–Crippen LogP) is 2.16. The van der Waals surface area contributed by atoms with Crippen molar-refractivity contribution < 1.29 is 13.8 Å². The summed E-state index contributed by atoms with van der Waals surface area (Å²) in [5, 5.41) is 12.2. The number of carbonyl (C=O) groups is 2. The zero-order valence-corrected chi connectivity index (χ0v) is 20.5. The van der Waals surface area contributed by atoms with E-state index in [2.05, 4.69) is 19.9 Å². The van der Waals surface area contributed by atoms with E-state index in [1.165, 1.54) is 15.6 Å². The van der Waals surface area contributed by atoms with Gasteiger partial charge in [-0.3, -0.25) is 14.3 Å². The van der Waals surface area contributed by atoms with Crippen LogP contribution in [-0.4, -0.2) is 72.1 Å². The quantitative estimate of drug-likeness (QED) is 0.506. The summed E-state index contributed by atoms with van der Waals surface area (Å²) in [5.74, 6) is -0.133. The van der Waals surface area contributed by atoms with Crippen molar-refractivity contribution >= 4 is 56.1 Å². The summed E-state index contributed by atoms with van der Waals surface area (Å²) in [6.45, 7) is 0.809. The lowest BCUT2D eigenvalue weighted by molar-refractivity contribution is -0.131. The average molecular weight is 525 g/mol. The molecule has 34 heavy (non-hydrogen) atoms. The van der Waals surface area contributed by atoms with Crippen molar-refractivity contribution in [2.45, 2.75) is 6.54 Å². The minimum atomic E-state index is -2.20. The van der Waals surface area contributed by atoms with Crippen molar-refractivity contribution in [2.24, 2.45) is 10.1 Å². The van der Waals surface area contributed by atoms with Gasteiger partial charge in [-0.05, 0) is 12.1 Å². The molecule has 3 aromatic rings. The van der Waals surface area contributed by atoms with Gasteiger partial charge in [0.2, 0.25) is 5.91 Å². The molecule has 1 fully saturated rings. The van der Waals surface area contributed by atoms with Crippen LogP contribution in [0.25, 0.3) is 5.69 Å². The van der Waals surface area contributed by atoms with E-state index in [1.54, 1.807) is 42.5 Å². The van der Waals surface area contributed by atoms with Crippen molar-refractivity contribution in [3.05, 3.63) is 52.5 Å². The van der Waals surface area contributed by atoms with Gasteiger partial charge in [0.05, 0.1) is 33.8 Å². The topological polar surface area (TPSA) is 140 Å². The number of nitrogens with one attached hydrogen (secondary N) is 1. The third kappa shape index (κ3) is 5.03. The highest BCUT2D eigenvalue weighted by molar-refractivity contribution is 7.93. The fourth-order valence-corrected chi connectivity index (χ4v) is 5.68. The molecule has 0 saturated carbocycles. The second-order valence-electron chi connectivity index (χ2n) is 7.57. The number of benzene rings is 1. The molecule has 0 unspecified atom stereocenters. The van der Waals surface area contributed by atoms with E-state index < -0.39 is 15.6 Å². The third-order valence-electron chi connectivity index (χ3n) is 5.37. The maximum atomic E-state index is 12.6. The first-order valence-electron chi connectivity index (χ1n) is 10.2. The summed E-state index contributed by atoms with van der Waals surface area (Å²) >= 11 is 12.5. The molecule has 1 aliphatic heterocycles. The molecule has 1 aromatic carbocycles. The molecular formula is C20H22Cl2N8O3S. The largest absolute Gasteiger partial charge is 0.364 e. The number of carbonyl (C=O) groups excluding carboxylic acids is 2. The molecule has 11 nitrogen and oxygen atoms in total. The van der Waals surface area contributed by atoms with Crippen LogP contribution in [0.2, 0.25) is 10.0 Å². The molecular weight excluding hydrogens is 503 g/mol. The molecule has 4 rings (SSSR count). The van der Waals surface area contributed by atoms with Crippen LogP contribution in [0.1, 0.15) is 10.5 Å². The van der Waals surface area contributed by atoms with Crippen LogP contribution in [-0.2, 0) is 21.1 Å². The van der Waals surface area contributed by atoms with Gasteiger partial charge in [-0.25, -0.2) is 13.3 Å². The molecule has 2 amide bonds. The summed E-state index contributed by atoms with van der Waals surface area (Å²) < 4.78 is 19.1. The number of amides is 2. The maximum Gasteiger partial charge on any atom is 0.271 e. The van der Waals surface area contributed by atoms with Gasteiger partial charge in [0, 0.05) is 47.6 Å². The van der Waals surface area contributed by atoms with Crippen molar-refractivity contribution in [2.75, 3.05) is 37.0 Å². The van der Waals surface area contributed by atoms with Crippen LogP contribution in [0.5, 0.6) is 0 Å². The Morgan fingerprint density at radius 2 is 1.88 bits per heavy atom. The second kappa shape index (κ2) is 9.65. The zero-order valence-electron chi connectivity index (χ0n) is 18.1. The van der Waals surface area contributed by atoms with E-state index >= 15 is 0 Å². The van der Waals surface area contributed by atoms with Crippen LogP contribution in [0.3, 0.4) is 0 Å². The molecule has 0 atom stereocenters. The van der Waals surface area contributed by atoms with Crippen molar-refractivity contribution in [1.29, 1.82) is 0 Å². The molecule has 180 valence electrons. The van der Waals surface area contributed by atoms with Gasteiger partial charge in [0.1, 0.15) is 12.2 Å². The van der Waals surface area contributed by atoms with E-state index in [-0.39, 0.29) is 18.1 Å². The summed E-state index contributed by atoms with van der Waals surface area (Å²) in [6.07, 6.45) is 4.67. The highest BCUT2D eigenvalue weighted by Gasteiger charge is 2.24. The van der Waals surface area contributed by atoms with Gasteiger partial charge < -0.3 is 16.0 Å². The van der Waals surface area contributed by atoms with E-state index in [0.29, 0.717) is 51.7 Å². The first kappa shape index (κ1) is 24.0. The zero-order chi connectivity index (χ0) is 24.5. The van der Waals surface area contributed by atoms with E-state index in [0.717, 1.165) is 0 Å². The van der Waals surface area contributed by atoms with Crippen molar-refractivity contribution in [1.82, 2.24) is 24.5 Å². The molecule has 14 heteroatoms. The van der Waals surface area contributed by atoms with Gasteiger partial charge >= 0.3 is 0 Å². The molecule has 0 radical (unpaired) electrons. The lowest BCUT2D eigenvalue weighted by atomic mass is 10.3. The standard InChI is InChI=1S/C20H22Cl2N8O3S/c1-24-34(33)7-5-28(6-8-34)17(31)12-29-10-13(9-25-29)26-16-11-30(27-18(16)20(23)32)19-14(21)3-2-4-15(19)22/h2-4,9-11,26H,5-8,12H2,1H3,(H2,23,32). The summed E-state index contributed by atoms with van der Waals surface area (Å²) in [7, 11) is -0.646. The number of para-hydroxylation sites is 1. The second-order valence-corrected chi connectivity index (χ2v) is 11.1. The fraction of sp³-hybridized carbons (Fsp3) is 0.300. The smallest absolute Gasteiger partial charge is 0.271 e. The van der Waals surface area contributed by atoms with E-state index in [4.69, 9.17) is 28.9 Å². The van der Waals surface area contributed by atoms with Crippen molar-refractivity contribution in [3.8, 4) is 5.69 Å². The SMILES string of the molecule is CN=S1(=O)CCN(C(=O)Cn2cc(Nc3cn(-c4c(Cl)cccc4Cl)nc3C(N)=O)cn2)CC1. The minimum Gasteiger partial charge on any atom is -0.364 e. The Balaban J connectivity index is 1.49. The number of rotatable bonds is 6. The fourth-order valence-electron chi connectivity index (χ4n) is 3.53. The highest BCUT2D eigenvalue weighted by Crippen LogP contribution is 2.30. The molecule has 0 aliphatic carbocycles. The van der Waals surface area contributed by atoms with Gasteiger partial charge in [0.25, 0.3) is 5.91 Å². The number of halogens is 2. The Bertz CT molecular complexity index is 1340. The summed E-state index contributed by atoms with van der Waals surface area (Å²) in [6, 6.07) is 5.00. The maximum absolute atomic E-state index is 12.6. The lowest BCUT2D eigenvalue weighted by Gasteiger charge is -2.28. The van der Waals surface area contributed by atoms with Crippen LogP contribution >= 0.6 is 23.2 Å². The molecule has 3 N–H and O–H groups in total. The minimum absolute atomic E-state index is 0.0157. The molecule has 1 aliphatic rings. The summed E-state index contributed by atoms with van der Waals surface area (Å²) in [5.41, 5.74) is 6.73. The van der Waals surface area contributed by atoms with Crippen molar-refractivity contribution in [3.63, 3.8) is 0 Å².